The molecule has 0 saturated heterocycles. The lowest BCUT2D eigenvalue weighted by Gasteiger charge is -2.02. The third kappa shape index (κ3) is 2.87. The van der Waals surface area contributed by atoms with E-state index in [4.69, 9.17) is 11.6 Å². The zero-order valence-electron chi connectivity index (χ0n) is 8.39. The predicted octanol–water partition coefficient (Wildman–Crippen LogP) is 4.22. The average molecular weight is 249 g/mol. The first kappa shape index (κ1) is 11.2. The molecule has 0 heterocycles. The highest BCUT2D eigenvalue weighted by Gasteiger charge is 2.03. The van der Waals surface area contributed by atoms with Gasteiger partial charge in [0.2, 0.25) is 0 Å². The van der Waals surface area contributed by atoms with E-state index in [-0.39, 0.29) is 0 Å². The van der Waals surface area contributed by atoms with E-state index >= 15 is 0 Å². The van der Waals surface area contributed by atoms with E-state index in [0.717, 1.165) is 9.79 Å². The second-order valence-electron chi connectivity index (χ2n) is 3.22. The van der Waals surface area contributed by atoms with Crippen molar-refractivity contribution in [1.29, 1.82) is 0 Å². The van der Waals surface area contributed by atoms with Gasteiger partial charge in [-0.3, -0.25) is 4.79 Å². The topological polar surface area (TPSA) is 17.1 Å². The minimum absolute atomic E-state index is 0.421. The number of benzene rings is 2. The molecule has 16 heavy (non-hydrogen) atoms. The summed E-state index contributed by atoms with van der Waals surface area (Å²) in [6, 6.07) is 17.3. The molecule has 2 aromatic carbocycles. The predicted molar refractivity (Wildman–Crippen MR) is 67.2 cm³/mol. The third-order valence-electron chi connectivity index (χ3n) is 2.04. The zero-order valence-corrected chi connectivity index (χ0v) is 9.96. The number of rotatable bonds is 3. The first-order valence-electron chi connectivity index (χ1n) is 4.78. The second kappa shape index (κ2) is 5.19. The maximum Gasteiger partial charge on any atom is 0.252 e. The smallest absolute Gasteiger partial charge is 0.252 e. The molecular formula is C13H9ClOS. The fourth-order valence-corrected chi connectivity index (χ4v) is 2.32. The summed E-state index contributed by atoms with van der Waals surface area (Å²) in [5, 5.41) is -0.421. The Morgan fingerprint density at radius 3 is 2.31 bits per heavy atom. The first-order chi connectivity index (χ1) is 7.75. The van der Waals surface area contributed by atoms with Crippen LogP contribution >= 0.6 is 23.4 Å². The lowest BCUT2D eigenvalue weighted by molar-refractivity contribution is 0.108. The van der Waals surface area contributed by atoms with Crippen molar-refractivity contribution in [2.75, 3.05) is 0 Å². The Morgan fingerprint density at radius 2 is 1.62 bits per heavy atom. The highest BCUT2D eigenvalue weighted by Crippen LogP contribution is 2.27. The van der Waals surface area contributed by atoms with Crippen LogP contribution in [0.5, 0.6) is 0 Å². The van der Waals surface area contributed by atoms with Crippen molar-refractivity contribution in [3.63, 3.8) is 0 Å². The zero-order chi connectivity index (χ0) is 11.4. The van der Waals surface area contributed by atoms with Crippen molar-refractivity contribution in [3.8, 4) is 0 Å². The van der Waals surface area contributed by atoms with Gasteiger partial charge in [0.1, 0.15) is 0 Å². The number of halogens is 1. The van der Waals surface area contributed by atoms with Gasteiger partial charge in [0.15, 0.2) is 0 Å². The van der Waals surface area contributed by atoms with E-state index < -0.39 is 5.24 Å². The summed E-state index contributed by atoms with van der Waals surface area (Å²) in [5.74, 6) is 0. The molecule has 0 aliphatic heterocycles. The van der Waals surface area contributed by atoms with Crippen LogP contribution in [0.25, 0.3) is 0 Å². The minimum atomic E-state index is -0.421. The monoisotopic (exact) mass is 248 g/mol. The molecule has 0 aliphatic rings. The molecule has 0 fully saturated rings. The molecule has 0 spiro atoms. The summed E-state index contributed by atoms with van der Waals surface area (Å²) in [7, 11) is 0. The normalized spacial score (nSPS) is 10.1. The Bertz CT molecular complexity index is 496. The Morgan fingerprint density at radius 1 is 0.938 bits per heavy atom. The molecule has 2 aromatic rings. The maximum absolute atomic E-state index is 11.0. The third-order valence-corrected chi connectivity index (χ3v) is 3.26. The summed E-state index contributed by atoms with van der Waals surface area (Å²) >= 11 is 7.04. The summed E-state index contributed by atoms with van der Waals surface area (Å²) in [5.41, 5.74) is 0.530. The highest BCUT2D eigenvalue weighted by atomic mass is 35.5. The van der Waals surface area contributed by atoms with Gasteiger partial charge in [-0.1, -0.05) is 42.1 Å². The summed E-state index contributed by atoms with van der Waals surface area (Å²) in [6.07, 6.45) is 0. The molecule has 0 aromatic heterocycles. The van der Waals surface area contributed by atoms with Crippen LogP contribution in [-0.2, 0) is 0 Å². The van der Waals surface area contributed by atoms with Crippen LogP contribution in [0.15, 0.2) is 64.4 Å². The molecule has 0 unspecified atom stereocenters. The highest BCUT2D eigenvalue weighted by molar-refractivity contribution is 7.99. The molecule has 0 amide bonds. The van der Waals surface area contributed by atoms with Crippen molar-refractivity contribution in [1.82, 2.24) is 0 Å². The standard InChI is InChI=1S/C13H9ClOS/c14-13(15)10-5-4-8-12(9-10)16-11-6-2-1-3-7-11/h1-9H. The lowest BCUT2D eigenvalue weighted by atomic mass is 10.2. The number of hydrogen-bond acceptors (Lipinski definition) is 2. The molecule has 80 valence electrons. The van der Waals surface area contributed by atoms with Crippen molar-refractivity contribution in [2.24, 2.45) is 0 Å². The van der Waals surface area contributed by atoms with Gasteiger partial charge >= 0.3 is 0 Å². The van der Waals surface area contributed by atoms with Gasteiger partial charge in [0, 0.05) is 15.4 Å². The molecule has 0 N–H and O–H groups in total. The molecule has 0 saturated carbocycles. The molecule has 3 heteroatoms. The molecule has 2 rings (SSSR count). The van der Waals surface area contributed by atoms with Crippen LogP contribution in [0, 0.1) is 0 Å². The van der Waals surface area contributed by atoms with Crippen LogP contribution in [0.1, 0.15) is 10.4 Å². The van der Waals surface area contributed by atoms with Gasteiger partial charge < -0.3 is 0 Å². The molecule has 0 radical (unpaired) electrons. The fraction of sp³-hybridized carbons (Fsp3) is 0. The van der Waals surface area contributed by atoms with Crippen molar-refractivity contribution >= 4 is 28.6 Å². The SMILES string of the molecule is O=C(Cl)c1cccc(Sc2ccccc2)c1. The fourth-order valence-electron chi connectivity index (χ4n) is 1.31. The molecule has 0 atom stereocenters. The van der Waals surface area contributed by atoms with Crippen LogP contribution in [0.4, 0.5) is 0 Å². The maximum atomic E-state index is 11.0. The van der Waals surface area contributed by atoms with Crippen LogP contribution in [0.3, 0.4) is 0 Å². The van der Waals surface area contributed by atoms with Crippen LogP contribution in [0.2, 0.25) is 0 Å². The van der Waals surface area contributed by atoms with Gasteiger partial charge in [0.05, 0.1) is 0 Å². The van der Waals surface area contributed by atoms with E-state index in [1.807, 2.05) is 42.5 Å². The Hall–Kier alpha value is -1.25. The Kier molecular flexibility index (Phi) is 3.65. The van der Waals surface area contributed by atoms with Crippen molar-refractivity contribution in [3.05, 3.63) is 60.2 Å². The van der Waals surface area contributed by atoms with Gasteiger partial charge in [-0.2, -0.15) is 0 Å². The van der Waals surface area contributed by atoms with Crippen LogP contribution < -0.4 is 0 Å². The van der Waals surface area contributed by atoms with Crippen molar-refractivity contribution < 1.29 is 4.79 Å². The lowest BCUT2D eigenvalue weighted by Crippen LogP contribution is -1.87. The van der Waals surface area contributed by atoms with E-state index in [0.29, 0.717) is 5.56 Å². The number of hydrogen-bond donors (Lipinski definition) is 0. The summed E-state index contributed by atoms with van der Waals surface area (Å²) in [6.45, 7) is 0. The van der Waals surface area contributed by atoms with E-state index in [2.05, 4.69) is 0 Å². The quantitative estimate of drug-likeness (QED) is 0.757. The van der Waals surface area contributed by atoms with E-state index in [1.54, 1.807) is 23.9 Å². The number of carbonyl (C=O) groups excluding carboxylic acids is 1. The summed E-state index contributed by atoms with van der Waals surface area (Å²) < 4.78 is 0. The largest absolute Gasteiger partial charge is 0.276 e. The molecular weight excluding hydrogens is 240 g/mol. The van der Waals surface area contributed by atoms with E-state index in [9.17, 15) is 4.79 Å². The molecule has 1 nitrogen and oxygen atoms in total. The van der Waals surface area contributed by atoms with Crippen LogP contribution in [-0.4, -0.2) is 5.24 Å². The molecule has 0 aliphatic carbocycles. The average Bonchev–Trinajstić information content (AvgIpc) is 2.30. The Labute approximate surface area is 103 Å². The van der Waals surface area contributed by atoms with Crippen molar-refractivity contribution in [2.45, 2.75) is 9.79 Å². The summed E-state index contributed by atoms with van der Waals surface area (Å²) in [4.78, 5) is 13.2. The minimum Gasteiger partial charge on any atom is -0.276 e. The Balaban J connectivity index is 2.22. The van der Waals surface area contributed by atoms with Gasteiger partial charge in [-0.05, 0) is 35.9 Å². The number of carbonyl (C=O) groups is 1. The van der Waals surface area contributed by atoms with Gasteiger partial charge in [0.25, 0.3) is 5.24 Å². The van der Waals surface area contributed by atoms with Gasteiger partial charge in [-0.15, -0.1) is 0 Å². The van der Waals surface area contributed by atoms with Gasteiger partial charge in [-0.25, -0.2) is 0 Å². The second-order valence-corrected chi connectivity index (χ2v) is 4.71. The molecule has 0 bridgehead atoms. The first-order valence-corrected chi connectivity index (χ1v) is 5.98. The van der Waals surface area contributed by atoms with E-state index in [1.165, 1.54) is 0 Å².